The maximum Gasteiger partial charge on any atom is 0.320 e. The fourth-order valence-electron chi connectivity index (χ4n) is 2.63. The van der Waals surface area contributed by atoms with Gasteiger partial charge in [0.25, 0.3) is 0 Å². The van der Waals surface area contributed by atoms with Crippen molar-refractivity contribution in [2.75, 3.05) is 26.2 Å². The van der Waals surface area contributed by atoms with Crippen molar-refractivity contribution in [3.8, 4) is 0 Å². The molecular formula is C15H24N2O3. The largest absolute Gasteiger partial charge is 0.481 e. The summed E-state index contributed by atoms with van der Waals surface area (Å²) < 4.78 is 0. The summed E-state index contributed by atoms with van der Waals surface area (Å²) in [6.07, 6.45) is 3.82. The molecule has 1 heterocycles. The van der Waals surface area contributed by atoms with E-state index >= 15 is 0 Å². The molecule has 5 nitrogen and oxygen atoms in total. The Morgan fingerprint density at radius 1 is 1.35 bits per heavy atom. The fourth-order valence-corrected chi connectivity index (χ4v) is 2.63. The zero-order valence-corrected chi connectivity index (χ0v) is 12.3. The Morgan fingerprint density at radius 3 is 2.25 bits per heavy atom. The van der Waals surface area contributed by atoms with Crippen LogP contribution < -0.4 is 0 Å². The number of carbonyl (C=O) groups excluding carboxylic acids is 1. The number of carboxylic acids is 1. The van der Waals surface area contributed by atoms with Crippen molar-refractivity contribution in [1.82, 2.24) is 9.80 Å². The van der Waals surface area contributed by atoms with Crippen LogP contribution in [-0.4, -0.2) is 53.1 Å². The molecule has 0 spiro atoms. The number of rotatable bonds is 6. The molecule has 1 aliphatic heterocycles. The van der Waals surface area contributed by atoms with Gasteiger partial charge in [0, 0.05) is 26.2 Å². The molecule has 0 saturated carbocycles. The van der Waals surface area contributed by atoms with Gasteiger partial charge in [0.2, 0.25) is 0 Å². The Bertz CT molecular complexity index is 396. The summed E-state index contributed by atoms with van der Waals surface area (Å²) in [5.74, 6) is -0.827. The zero-order valence-electron chi connectivity index (χ0n) is 12.3. The van der Waals surface area contributed by atoms with E-state index in [0.717, 1.165) is 0 Å². The van der Waals surface area contributed by atoms with E-state index < -0.39 is 11.4 Å². The van der Waals surface area contributed by atoms with Crippen LogP contribution in [-0.2, 0) is 4.79 Å². The van der Waals surface area contributed by atoms with E-state index in [1.165, 1.54) is 0 Å². The molecule has 0 aromatic heterocycles. The number of amides is 2. The van der Waals surface area contributed by atoms with Gasteiger partial charge in [0.05, 0.1) is 5.41 Å². The number of carboxylic acid groups (broad SMARTS) is 1. The first-order valence-electron chi connectivity index (χ1n) is 6.88. The molecule has 20 heavy (non-hydrogen) atoms. The Hall–Kier alpha value is -1.78. The molecule has 0 aromatic rings. The monoisotopic (exact) mass is 280 g/mol. The molecule has 0 bridgehead atoms. The summed E-state index contributed by atoms with van der Waals surface area (Å²) >= 11 is 0. The van der Waals surface area contributed by atoms with E-state index in [1.54, 1.807) is 22.0 Å². The lowest BCUT2D eigenvalue weighted by atomic mass is 9.76. The van der Waals surface area contributed by atoms with Gasteiger partial charge in [-0.2, -0.15) is 0 Å². The molecule has 2 amide bonds. The van der Waals surface area contributed by atoms with E-state index in [1.807, 2.05) is 13.8 Å². The summed E-state index contributed by atoms with van der Waals surface area (Å²) in [7, 11) is 0. The third-order valence-corrected chi connectivity index (χ3v) is 4.07. The lowest BCUT2D eigenvalue weighted by molar-refractivity contribution is -0.150. The fraction of sp³-hybridized carbons (Fsp3) is 0.600. The van der Waals surface area contributed by atoms with Crippen molar-refractivity contribution in [3.63, 3.8) is 0 Å². The standard InChI is InChI=1S/C15H24N2O3/c1-5-8-16(9-6-2)14(20)17-10-7-15(11-17,12(3)4)13(18)19/h5-6,12H,1-2,7-11H2,3-4H3,(H,18,19). The van der Waals surface area contributed by atoms with Crippen LogP contribution in [0.2, 0.25) is 0 Å². The Balaban J connectivity index is 2.84. The predicted octanol–water partition coefficient (Wildman–Crippen LogP) is 2.21. The van der Waals surface area contributed by atoms with Gasteiger partial charge in [-0.25, -0.2) is 4.79 Å². The summed E-state index contributed by atoms with van der Waals surface area (Å²) in [5.41, 5.74) is -0.830. The average Bonchev–Trinajstić information content (AvgIpc) is 2.84. The third-order valence-electron chi connectivity index (χ3n) is 4.07. The lowest BCUT2D eigenvalue weighted by Crippen LogP contribution is -2.45. The zero-order chi connectivity index (χ0) is 15.3. The van der Waals surface area contributed by atoms with Crippen LogP contribution in [0.3, 0.4) is 0 Å². The molecule has 1 unspecified atom stereocenters. The molecule has 1 atom stereocenters. The Kier molecular flexibility index (Phi) is 5.36. The van der Waals surface area contributed by atoms with Gasteiger partial charge in [0.15, 0.2) is 0 Å². The maximum absolute atomic E-state index is 12.4. The highest BCUT2D eigenvalue weighted by molar-refractivity contribution is 5.80. The maximum atomic E-state index is 12.4. The minimum atomic E-state index is -0.830. The van der Waals surface area contributed by atoms with Crippen LogP contribution in [0.4, 0.5) is 4.79 Å². The van der Waals surface area contributed by atoms with E-state index in [-0.39, 0.29) is 18.5 Å². The van der Waals surface area contributed by atoms with Crippen molar-refractivity contribution < 1.29 is 14.7 Å². The molecule has 0 radical (unpaired) electrons. The van der Waals surface area contributed by atoms with E-state index in [0.29, 0.717) is 26.1 Å². The topological polar surface area (TPSA) is 60.9 Å². The molecular weight excluding hydrogens is 256 g/mol. The van der Waals surface area contributed by atoms with Gasteiger partial charge >= 0.3 is 12.0 Å². The number of nitrogens with zero attached hydrogens (tertiary/aromatic N) is 2. The second kappa shape index (κ2) is 6.59. The first kappa shape index (κ1) is 16.3. The molecule has 1 fully saturated rings. The second-order valence-corrected chi connectivity index (χ2v) is 5.55. The number of hydrogen-bond acceptors (Lipinski definition) is 2. The van der Waals surface area contributed by atoms with Crippen molar-refractivity contribution in [3.05, 3.63) is 25.3 Å². The summed E-state index contributed by atoms with van der Waals surface area (Å²) in [6.45, 7) is 12.7. The minimum Gasteiger partial charge on any atom is -0.481 e. The van der Waals surface area contributed by atoms with Crippen LogP contribution in [0.1, 0.15) is 20.3 Å². The van der Waals surface area contributed by atoms with Gasteiger partial charge in [0.1, 0.15) is 0 Å². The number of likely N-dealkylation sites (tertiary alicyclic amines) is 1. The van der Waals surface area contributed by atoms with Crippen molar-refractivity contribution in [2.45, 2.75) is 20.3 Å². The van der Waals surface area contributed by atoms with E-state index in [9.17, 15) is 14.7 Å². The third kappa shape index (κ3) is 3.03. The van der Waals surface area contributed by atoms with Crippen LogP contribution in [0.25, 0.3) is 0 Å². The smallest absolute Gasteiger partial charge is 0.320 e. The van der Waals surface area contributed by atoms with Crippen LogP contribution in [0.15, 0.2) is 25.3 Å². The Morgan fingerprint density at radius 2 is 1.90 bits per heavy atom. The van der Waals surface area contributed by atoms with E-state index in [2.05, 4.69) is 13.2 Å². The van der Waals surface area contributed by atoms with Gasteiger partial charge < -0.3 is 14.9 Å². The number of carbonyl (C=O) groups is 2. The van der Waals surface area contributed by atoms with Gasteiger partial charge in [-0.15, -0.1) is 13.2 Å². The van der Waals surface area contributed by atoms with E-state index in [4.69, 9.17) is 0 Å². The molecule has 0 aromatic carbocycles. The molecule has 112 valence electrons. The summed E-state index contributed by atoms with van der Waals surface area (Å²) in [6, 6.07) is -0.145. The predicted molar refractivity (Wildman–Crippen MR) is 78.5 cm³/mol. The Labute approximate surface area is 120 Å². The quantitative estimate of drug-likeness (QED) is 0.759. The molecule has 1 N–H and O–H groups in total. The lowest BCUT2D eigenvalue weighted by Gasteiger charge is -2.30. The SMILES string of the molecule is C=CCN(CC=C)C(=O)N1CCC(C(=O)O)(C(C)C)C1. The minimum absolute atomic E-state index is 0.00920. The first-order chi connectivity index (χ1) is 9.39. The highest BCUT2D eigenvalue weighted by Gasteiger charge is 2.48. The summed E-state index contributed by atoms with van der Waals surface area (Å²) in [5, 5.41) is 9.50. The number of urea groups is 1. The molecule has 1 aliphatic rings. The van der Waals surface area contributed by atoms with Crippen molar-refractivity contribution in [2.24, 2.45) is 11.3 Å². The van der Waals surface area contributed by atoms with Gasteiger partial charge in [-0.1, -0.05) is 26.0 Å². The average molecular weight is 280 g/mol. The number of aliphatic carboxylic acids is 1. The highest BCUT2D eigenvalue weighted by Crippen LogP contribution is 2.38. The van der Waals surface area contributed by atoms with Crippen LogP contribution >= 0.6 is 0 Å². The first-order valence-corrected chi connectivity index (χ1v) is 6.88. The summed E-state index contributed by atoms with van der Waals surface area (Å²) in [4.78, 5) is 27.2. The van der Waals surface area contributed by atoms with Gasteiger partial charge in [-0.05, 0) is 12.3 Å². The number of hydrogen-bond donors (Lipinski definition) is 1. The normalized spacial score (nSPS) is 21.9. The highest BCUT2D eigenvalue weighted by atomic mass is 16.4. The van der Waals surface area contributed by atoms with Crippen molar-refractivity contribution >= 4 is 12.0 Å². The van der Waals surface area contributed by atoms with Gasteiger partial charge in [-0.3, -0.25) is 4.79 Å². The van der Waals surface area contributed by atoms with Crippen molar-refractivity contribution in [1.29, 1.82) is 0 Å². The molecule has 0 aliphatic carbocycles. The molecule has 5 heteroatoms. The molecule has 1 rings (SSSR count). The van der Waals surface area contributed by atoms with Crippen LogP contribution in [0, 0.1) is 11.3 Å². The van der Waals surface area contributed by atoms with Crippen LogP contribution in [0.5, 0.6) is 0 Å². The molecule has 1 saturated heterocycles. The second-order valence-electron chi connectivity index (χ2n) is 5.55.